The second-order valence-corrected chi connectivity index (χ2v) is 4.20. The SMILES string of the molecule is O=C1CCCC(O)=C1c1nc2ccccc2[nH]1. The molecule has 17 heavy (non-hydrogen) atoms. The van der Waals surface area contributed by atoms with Crippen molar-refractivity contribution < 1.29 is 9.90 Å². The molecule has 1 heterocycles. The minimum absolute atomic E-state index is 0.0344. The van der Waals surface area contributed by atoms with Gasteiger partial charge < -0.3 is 10.1 Å². The summed E-state index contributed by atoms with van der Waals surface area (Å²) in [5, 5.41) is 9.82. The summed E-state index contributed by atoms with van der Waals surface area (Å²) in [7, 11) is 0. The molecule has 1 aromatic carbocycles. The van der Waals surface area contributed by atoms with Crippen LogP contribution in [-0.2, 0) is 4.79 Å². The Morgan fingerprint density at radius 1 is 1.24 bits per heavy atom. The quantitative estimate of drug-likeness (QED) is 0.788. The number of aliphatic hydroxyl groups excluding tert-OH is 1. The molecule has 0 fully saturated rings. The summed E-state index contributed by atoms with van der Waals surface area (Å²) >= 11 is 0. The zero-order valence-corrected chi connectivity index (χ0v) is 9.23. The summed E-state index contributed by atoms with van der Waals surface area (Å²) < 4.78 is 0. The van der Waals surface area contributed by atoms with Gasteiger partial charge in [0, 0.05) is 12.8 Å². The Morgan fingerprint density at radius 3 is 2.82 bits per heavy atom. The summed E-state index contributed by atoms with van der Waals surface area (Å²) in [6.45, 7) is 0. The summed E-state index contributed by atoms with van der Waals surface area (Å²) in [6, 6.07) is 7.57. The first-order valence-corrected chi connectivity index (χ1v) is 5.66. The number of hydrogen-bond donors (Lipinski definition) is 2. The van der Waals surface area contributed by atoms with E-state index in [2.05, 4.69) is 9.97 Å². The number of aromatic amines is 1. The van der Waals surface area contributed by atoms with E-state index < -0.39 is 0 Å². The van der Waals surface area contributed by atoms with Crippen molar-refractivity contribution in [1.29, 1.82) is 0 Å². The fraction of sp³-hybridized carbons (Fsp3) is 0.231. The molecule has 0 atom stereocenters. The molecular formula is C13H12N2O2. The number of carbonyl (C=O) groups excluding carboxylic acids is 1. The summed E-state index contributed by atoms with van der Waals surface area (Å²) in [5.41, 5.74) is 2.04. The zero-order chi connectivity index (χ0) is 11.8. The molecule has 0 saturated carbocycles. The number of carbonyl (C=O) groups is 1. The van der Waals surface area contributed by atoms with Gasteiger partial charge in [0.05, 0.1) is 16.6 Å². The van der Waals surface area contributed by atoms with Crippen LogP contribution in [0, 0.1) is 0 Å². The fourth-order valence-corrected chi connectivity index (χ4v) is 2.17. The maximum atomic E-state index is 11.8. The molecular weight excluding hydrogens is 216 g/mol. The average Bonchev–Trinajstić information content (AvgIpc) is 2.71. The highest BCUT2D eigenvalue weighted by Crippen LogP contribution is 2.27. The predicted octanol–water partition coefficient (Wildman–Crippen LogP) is 2.59. The predicted molar refractivity (Wildman–Crippen MR) is 64.5 cm³/mol. The number of para-hydroxylation sites is 2. The van der Waals surface area contributed by atoms with Crippen molar-refractivity contribution in [2.75, 3.05) is 0 Å². The lowest BCUT2D eigenvalue weighted by Gasteiger charge is -2.12. The van der Waals surface area contributed by atoms with E-state index in [1.54, 1.807) is 0 Å². The van der Waals surface area contributed by atoms with Crippen LogP contribution < -0.4 is 0 Å². The summed E-state index contributed by atoms with van der Waals surface area (Å²) in [4.78, 5) is 19.2. The number of rotatable bonds is 1. The van der Waals surface area contributed by atoms with Gasteiger partial charge in [-0.3, -0.25) is 4.79 Å². The van der Waals surface area contributed by atoms with Gasteiger partial charge in [-0.15, -0.1) is 0 Å². The molecule has 0 spiro atoms. The number of aromatic nitrogens is 2. The Hall–Kier alpha value is -2.10. The molecule has 86 valence electrons. The molecule has 0 unspecified atom stereocenters. The number of Topliss-reactive ketones (excluding diaryl/α,β-unsaturated/α-hetero) is 1. The number of hydrogen-bond acceptors (Lipinski definition) is 3. The first-order chi connectivity index (χ1) is 8.25. The van der Waals surface area contributed by atoms with Crippen molar-refractivity contribution in [2.24, 2.45) is 0 Å². The number of nitrogens with one attached hydrogen (secondary N) is 1. The van der Waals surface area contributed by atoms with Crippen LogP contribution in [0.4, 0.5) is 0 Å². The van der Waals surface area contributed by atoms with Gasteiger partial charge in [0.1, 0.15) is 11.6 Å². The van der Waals surface area contributed by atoms with Crippen molar-refractivity contribution in [3.8, 4) is 0 Å². The van der Waals surface area contributed by atoms with E-state index >= 15 is 0 Å². The van der Waals surface area contributed by atoms with Crippen LogP contribution >= 0.6 is 0 Å². The Bertz CT molecular complexity index is 592. The molecule has 4 heteroatoms. The monoisotopic (exact) mass is 228 g/mol. The lowest BCUT2D eigenvalue weighted by atomic mass is 9.96. The highest BCUT2D eigenvalue weighted by atomic mass is 16.3. The third kappa shape index (κ3) is 1.62. The van der Waals surface area contributed by atoms with Crippen LogP contribution in [0.15, 0.2) is 30.0 Å². The molecule has 4 nitrogen and oxygen atoms in total. The van der Waals surface area contributed by atoms with Crippen molar-refractivity contribution in [2.45, 2.75) is 19.3 Å². The van der Waals surface area contributed by atoms with Crippen LogP contribution in [0.1, 0.15) is 25.1 Å². The van der Waals surface area contributed by atoms with E-state index in [1.165, 1.54) is 0 Å². The average molecular weight is 228 g/mol. The number of ketones is 1. The first-order valence-electron chi connectivity index (χ1n) is 5.66. The first kappa shape index (κ1) is 10.1. The highest BCUT2D eigenvalue weighted by Gasteiger charge is 2.24. The van der Waals surface area contributed by atoms with Crippen molar-refractivity contribution in [3.05, 3.63) is 35.8 Å². The molecule has 1 aromatic heterocycles. The van der Waals surface area contributed by atoms with Gasteiger partial charge in [-0.25, -0.2) is 4.98 Å². The van der Waals surface area contributed by atoms with Crippen molar-refractivity contribution in [3.63, 3.8) is 0 Å². The van der Waals surface area contributed by atoms with Gasteiger partial charge in [-0.1, -0.05) is 12.1 Å². The molecule has 0 amide bonds. The topological polar surface area (TPSA) is 66.0 Å². The fourth-order valence-electron chi connectivity index (χ4n) is 2.17. The molecule has 0 bridgehead atoms. The minimum Gasteiger partial charge on any atom is -0.511 e. The van der Waals surface area contributed by atoms with Gasteiger partial charge in [0.25, 0.3) is 0 Å². The molecule has 0 saturated heterocycles. The van der Waals surface area contributed by atoms with E-state index in [1.807, 2.05) is 24.3 Å². The maximum absolute atomic E-state index is 11.8. The molecule has 0 aliphatic heterocycles. The number of imidazole rings is 1. The second kappa shape index (κ2) is 3.73. The van der Waals surface area contributed by atoms with E-state index in [4.69, 9.17) is 0 Å². The highest BCUT2D eigenvalue weighted by molar-refractivity contribution is 6.21. The van der Waals surface area contributed by atoms with Crippen LogP contribution in [0.2, 0.25) is 0 Å². The molecule has 3 rings (SSSR count). The standard InChI is InChI=1S/C13H12N2O2/c16-10-6-3-7-11(17)12(10)13-14-8-4-1-2-5-9(8)15-13/h1-2,4-5,16H,3,6-7H2,(H,14,15). The lowest BCUT2D eigenvalue weighted by Crippen LogP contribution is -2.11. The zero-order valence-electron chi connectivity index (χ0n) is 9.23. The Kier molecular flexibility index (Phi) is 2.21. The number of benzene rings is 1. The molecule has 1 aliphatic rings. The smallest absolute Gasteiger partial charge is 0.170 e. The van der Waals surface area contributed by atoms with Gasteiger partial charge in [-0.05, 0) is 18.6 Å². The van der Waals surface area contributed by atoms with Crippen molar-refractivity contribution in [1.82, 2.24) is 9.97 Å². The molecule has 2 N–H and O–H groups in total. The third-order valence-electron chi connectivity index (χ3n) is 3.01. The lowest BCUT2D eigenvalue weighted by molar-refractivity contribution is -0.114. The third-order valence-corrected chi connectivity index (χ3v) is 3.01. The number of allylic oxidation sites excluding steroid dienone is 2. The van der Waals surface area contributed by atoms with E-state index in [9.17, 15) is 9.90 Å². The van der Waals surface area contributed by atoms with Gasteiger partial charge in [0.2, 0.25) is 0 Å². The van der Waals surface area contributed by atoms with Crippen LogP contribution in [-0.4, -0.2) is 20.9 Å². The van der Waals surface area contributed by atoms with Gasteiger partial charge in [-0.2, -0.15) is 0 Å². The number of H-pyrrole nitrogens is 1. The maximum Gasteiger partial charge on any atom is 0.170 e. The van der Waals surface area contributed by atoms with E-state index in [0.717, 1.165) is 11.0 Å². The largest absolute Gasteiger partial charge is 0.511 e. The number of fused-ring (bicyclic) bond motifs is 1. The summed E-state index contributed by atoms with van der Waals surface area (Å²) in [5.74, 6) is 0.599. The minimum atomic E-state index is -0.0344. The van der Waals surface area contributed by atoms with Crippen LogP contribution in [0.5, 0.6) is 0 Å². The van der Waals surface area contributed by atoms with Gasteiger partial charge in [0.15, 0.2) is 5.78 Å². The Labute approximate surface area is 98.0 Å². The Balaban J connectivity index is 2.17. The van der Waals surface area contributed by atoms with Gasteiger partial charge >= 0.3 is 0 Å². The second-order valence-electron chi connectivity index (χ2n) is 4.20. The molecule has 1 aliphatic carbocycles. The molecule has 2 aromatic rings. The van der Waals surface area contributed by atoms with E-state index in [-0.39, 0.29) is 11.5 Å². The number of nitrogens with zero attached hydrogens (tertiary/aromatic N) is 1. The normalized spacial score (nSPS) is 16.8. The van der Waals surface area contributed by atoms with Crippen LogP contribution in [0.3, 0.4) is 0 Å². The molecule has 0 radical (unpaired) electrons. The van der Waals surface area contributed by atoms with Crippen molar-refractivity contribution >= 4 is 22.4 Å². The van der Waals surface area contributed by atoms with E-state index in [0.29, 0.717) is 30.7 Å². The Morgan fingerprint density at radius 2 is 2.06 bits per heavy atom. The number of aliphatic hydroxyl groups is 1. The van der Waals surface area contributed by atoms with Crippen LogP contribution in [0.25, 0.3) is 16.6 Å². The summed E-state index contributed by atoms with van der Waals surface area (Å²) in [6.07, 6.45) is 1.75.